The molecule has 4 rings (SSSR count). The molecule has 0 radical (unpaired) electrons. The Morgan fingerprint density at radius 2 is 2.03 bits per heavy atom. The van der Waals surface area contributed by atoms with Crippen LogP contribution in [-0.2, 0) is 16.8 Å². The summed E-state index contributed by atoms with van der Waals surface area (Å²) in [5.41, 5.74) is 4.38. The van der Waals surface area contributed by atoms with Gasteiger partial charge in [-0.2, -0.15) is 0 Å². The number of fused-ring (bicyclic) bond motifs is 2. The summed E-state index contributed by atoms with van der Waals surface area (Å²) in [5, 5.41) is 3.10. The van der Waals surface area contributed by atoms with Crippen molar-refractivity contribution in [1.29, 1.82) is 0 Å². The van der Waals surface area contributed by atoms with Gasteiger partial charge < -0.3 is 14.6 Å². The van der Waals surface area contributed by atoms with Crippen LogP contribution in [0.25, 0.3) is 0 Å². The van der Waals surface area contributed by atoms with Crippen LogP contribution in [0.5, 0.6) is 0 Å². The fourth-order valence-electron chi connectivity index (χ4n) is 5.18. The molecule has 2 heterocycles. The number of piperidine rings is 1. The predicted molar refractivity (Wildman–Crippen MR) is 115 cm³/mol. The maximum atomic E-state index is 12.5. The molecule has 1 N–H and O–H groups in total. The van der Waals surface area contributed by atoms with Gasteiger partial charge in [-0.15, -0.1) is 0 Å². The number of carbonyl (C=O) groups excluding carboxylic acids is 1. The number of carbonyl (C=O) groups is 1. The smallest absolute Gasteiger partial charge is 0.220 e. The van der Waals surface area contributed by atoms with E-state index in [0.717, 1.165) is 32.6 Å². The van der Waals surface area contributed by atoms with Crippen LogP contribution < -0.4 is 5.32 Å². The summed E-state index contributed by atoms with van der Waals surface area (Å²) in [5.74, 6) is 0.520. The molecular weight excluding hydrogens is 362 g/mol. The minimum atomic E-state index is 0.182. The number of hydrogen-bond acceptors (Lipinski definition) is 4. The third-order valence-electron chi connectivity index (χ3n) is 6.72. The normalized spacial score (nSPS) is 20.9. The average Bonchev–Trinajstić information content (AvgIpc) is 3.31. The van der Waals surface area contributed by atoms with E-state index in [4.69, 9.17) is 4.42 Å². The number of likely N-dealkylation sites (N-methyl/N-ethyl adjacent to an activating group) is 1. The standard InChI is InChI=1S/C24H33N3O2/c1-26(2)13-10-25-23(28)15-20-16-24(22-6-4-3-5-21(20)22)8-11-27(12-9-24)17-19-7-14-29-18-19/h3-7,14,18,20H,8-13,15-17H2,1-2H3,(H,25,28)/t20-/m0/s1. The Kier molecular flexibility index (Phi) is 6.07. The number of furan rings is 1. The van der Waals surface area contributed by atoms with Gasteiger partial charge in [-0.3, -0.25) is 9.69 Å². The van der Waals surface area contributed by atoms with Crippen molar-refractivity contribution in [2.75, 3.05) is 40.3 Å². The highest BCUT2D eigenvalue weighted by molar-refractivity contribution is 5.77. The number of rotatable bonds is 7. The van der Waals surface area contributed by atoms with E-state index in [1.54, 1.807) is 6.26 Å². The first-order valence-corrected chi connectivity index (χ1v) is 10.8. The monoisotopic (exact) mass is 395 g/mol. The highest BCUT2D eigenvalue weighted by Gasteiger charge is 2.45. The minimum absolute atomic E-state index is 0.182. The molecule has 5 nitrogen and oxygen atoms in total. The summed E-state index contributed by atoms with van der Waals surface area (Å²) in [6.45, 7) is 4.76. The molecule has 1 aliphatic heterocycles. The zero-order chi connectivity index (χ0) is 20.3. The Morgan fingerprint density at radius 3 is 2.76 bits per heavy atom. The van der Waals surface area contributed by atoms with Gasteiger partial charge in [-0.1, -0.05) is 24.3 Å². The molecule has 156 valence electrons. The van der Waals surface area contributed by atoms with E-state index in [0.29, 0.717) is 18.9 Å². The molecule has 1 aliphatic carbocycles. The Bertz CT molecular complexity index is 807. The first-order chi connectivity index (χ1) is 14.1. The van der Waals surface area contributed by atoms with Crippen LogP contribution >= 0.6 is 0 Å². The summed E-state index contributed by atoms with van der Waals surface area (Å²) < 4.78 is 5.22. The van der Waals surface area contributed by atoms with Gasteiger partial charge in [0.25, 0.3) is 0 Å². The quantitative estimate of drug-likeness (QED) is 0.781. The van der Waals surface area contributed by atoms with Crippen molar-refractivity contribution in [2.45, 2.75) is 43.6 Å². The lowest BCUT2D eigenvalue weighted by atomic mass is 9.73. The van der Waals surface area contributed by atoms with Crippen molar-refractivity contribution in [2.24, 2.45) is 0 Å². The van der Waals surface area contributed by atoms with Gasteiger partial charge in [0.2, 0.25) is 5.91 Å². The molecule has 2 aliphatic rings. The van der Waals surface area contributed by atoms with Gasteiger partial charge in [0.05, 0.1) is 12.5 Å². The lowest BCUT2D eigenvalue weighted by Gasteiger charge is -2.40. The lowest BCUT2D eigenvalue weighted by Crippen LogP contribution is -2.41. The molecule has 0 bridgehead atoms. The number of benzene rings is 1. The van der Waals surface area contributed by atoms with Crippen LogP contribution in [0.1, 0.15) is 48.3 Å². The average molecular weight is 396 g/mol. The topological polar surface area (TPSA) is 48.7 Å². The van der Waals surface area contributed by atoms with Crippen molar-refractivity contribution in [3.63, 3.8) is 0 Å². The molecule has 1 amide bonds. The van der Waals surface area contributed by atoms with E-state index < -0.39 is 0 Å². The second kappa shape index (κ2) is 8.72. The maximum Gasteiger partial charge on any atom is 0.220 e. The maximum absolute atomic E-state index is 12.5. The van der Waals surface area contributed by atoms with Crippen LogP contribution in [-0.4, -0.2) is 56.0 Å². The van der Waals surface area contributed by atoms with Crippen LogP contribution in [0.3, 0.4) is 0 Å². The van der Waals surface area contributed by atoms with E-state index in [1.807, 2.05) is 20.4 Å². The zero-order valence-electron chi connectivity index (χ0n) is 17.7. The minimum Gasteiger partial charge on any atom is -0.472 e. The van der Waals surface area contributed by atoms with E-state index >= 15 is 0 Å². The largest absolute Gasteiger partial charge is 0.472 e. The van der Waals surface area contributed by atoms with Crippen molar-refractivity contribution in [1.82, 2.24) is 15.1 Å². The Hall–Kier alpha value is -2.11. The van der Waals surface area contributed by atoms with E-state index in [2.05, 4.69) is 45.4 Å². The number of nitrogens with zero attached hydrogens (tertiary/aromatic N) is 2. The van der Waals surface area contributed by atoms with Gasteiger partial charge in [0.15, 0.2) is 0 Å². The summed E-state index contributed by atoms with van der Waals surface area (Å²) in [7, 11) is 4.06. The van der Waals surface area contributed by atoms with E-state index in [1.165, 1.54) is 29.5 Å². The first kappa shape index (κ1) is 20.2. The fraction of sp³-hybridized carbons (Fsp3) is 0.542. The van der Waals surface area contributed by atoms with Crippen LogP contribution in [0, 0.1) is 0 Å². The van der Waals surface area contributed by atoms with E-state index in [9.17, 15) is 4.79 Å². The van der Waals surface area contributed by atoms with Crippen LogP contribution in [0.4, 0.5) is 0 Å². The molecule has 5 heteroatoms. The molecule has 1 spiro atoms. The molecular formula is C24H33N3O2. The van der Waals surface area contributed by atoms with Crippen molar-refractivity contribution < 1.29 is 9.21 Å². The van der Waals surface area contributed by atoms with Crippen molar-refractivity contribution >= 4 is 5.91 Å². The number of hydrogen-bond donors (Lipinski definition) is 1. The Labute approximate surface area is 174 Å². The highest BCUT2D eigenvalue weighted by Crippen LogP contribution is 2.52. The van der Waals surface area contributed by atoms with Gasteiger partial charge in [0.1, 0.15) is 0 Å². The molecule has 2 aromatic rings. The number of likely N-dealkylation sites (tertiary alicyclic amines) is 1. The lowest BCUT2D eigenvalue weighted by molar-refractivity contribution is -0.121. The zero-order valence-corrected chi connectivity index (χ0v) is 17.7. The van der Waals surface area contributed by atoms with Gasteiger partial charge in [-0.25, -0.2) is 0 Å². The number of nitrogens with one attached hydrogen (secondary N) is 1. The summed E-state index contributed by atoms with van der Waals surface area (Å²) in [6, 6.07) is 10.9. The molecule has 0 saturated carbocycles. The molecule has 1 aromatic heterocycles. The van der Waals surface area contributed by atoms with Crippen LogP contribution in [0.2, 0.25) is 0 Å². The highest BCUT2D eigenvalue weighted by atomic mass is 16.3. The molecule has 29 heavy (non-hydrogen) atoms. The van der Waals surface area contributed by atoms with Crippen LogP contribution in [0.15, 0.2) is 47.3 Å². The SMILES string of the molecule is CN(C)CCNC(=O)C[C@H]1CC2(CCN(Cc3ccoc3)CC2)c2ccccc21. The van der Waals surface area contributed by atoms with Crippen molar-refractivity contribution in [3.8, 4) is 0 Å². The molecule has 1 saturated heterocycles. The van der Waals surface area contributed by atoms with Gasteiger partial charge in [-0.05, 0) is 75.0 Å². The van der Waals surface area contributed by atoms with E-state index in [-0.39, 0.29) is 11.3 Å². The second-order valence-corrected chi connectivity index (χ2v) is 9.03. The molecule has 1 aromatic carbocycles. The summed E-state index contributed by atoms with van der Waals surface area (Å²) in [4.78, 5) is 17.2. The summed E-state index contributed by atoms with van der Waals surface area (Å²) >= 11 is 0. The van der Waals surface area contributed by atoms with Gasteiger partial charge >= 0.3 is 0 Å². The number of amides is 1. The van der Waals surface area contributed by atoms with Gasteiger partial charge in [0, 0.05) is 31.6 Å². The summed E-state index contributed by atoms with van der Waals surface area (Å²) in [6.07, 6.45) is 7.64. The third-order valence-corrected chi connectivity index (χ3v) is 6.72. The predicted octanol–water partition coefficient (Wildman–Crippen LogP) is 3.37. The first-order valence-electron chi connectivity index (χ1n) is 10.8. The molecule has 0 unspecified atom stereocenters. The molecule has 1 fully saturated rings. The Morgan fingerprint density at radius 1 is 1.24 bits per heavy atom. The molecule has 1 atom stereocenters. The third kappa shape index (κ3) is 4.57. The fourth-order valence-corrected chi connectivity index (χ4v) is 5.18. The Balaban J connectivity index is 1.40. The van der Waals surface area contributed by atoms with Crippen molar-refractivity contribution in [3.05, 3.63) is 59.5 Å². The second-order valence-electron chi connectivity index (χ2n) is 9.03.